The topological polar surface area (TPSA) is 81.8 Å². The molecular weight excluding hydrogens is 455 g/mol. The predicted molar refractivity (Wildman–Crippen MR) is 118 cm³/mol. The molecule has 0 saturated heterocycles. The number of nitrogens with zero attached hydrogens (tertiary/aromatic N) is 4. The molecule has 1 fully saturated rings. The molecule has 3 aromatic heterocycles. The second kappa shape index (κ2) is 7.84. The Morgan fingerprint density at radius 1 is 1.15 bits per heavy atom. The van der Waals surface area contributed by atoms with E-state index in [-0.39, 0.29) is 22.6 Å². The average molecular weight is 478 g/mol. The second-order valence-corrected chi connectivity index (χ2v) is 10.2. The molecule has 0 spiro atoms. The van der Waals surface area contributed by atoms with Crippen molar-refractivity contribution in [3.63, 3.8) is 0 Å². The van der Waals surface area contributed by atoms with E-state index in [2.05, 4.69) is 15.3 Å². The standard InChI is InChI=1S/C22H22F3N5O2S/c1-14-28-19-12-26-21-18(9-10-29(21)33(31,32)17-5-3-2-4-6-17)20(19)30(14)16-8-7-15(11-16)27-13-22(23,24)25/h2-6,9-10,12,15-16,27H,7-8,11,13H2,1H3. The lowest BCUT2D eigenvalue weighted by Gasteiger charge is -2.18. The molecule has 1 aliphatic carbocycles. The van der Waals surface area contributed by atoms with E-state index in [4.69, 9.17) is 0 Å². The van der Waals surface area contributed by atoms with Crippen LogP contribution in [0.5, 0.6) is 0 Å². The molecule has 33 heavy (non-hydrogen) atoms. The van der Waals surface area contributed by atoms with Gasteiger partial charge in [0.15, 0.2) is 5.65 Å². The third-order valence-corrected chi connectivity index (χ3v) is 7.85. The van der Waals surface area contributed by atoms with E-state index in [0.29, 0.717) is 30.2 Å². The first-order valence-corrected chi connectivity index (χ1v) is 12.0. The minimum atomic E-state index is -4.25. The monoisotopic (exact) mass is 477 g/mol. The lowest BCUT2D eigenvalue weighted by Crippen LogP contribution is -2.35. The fourth-order valence-electron chi connectivity index (χ4n) is 4.75. The van der Waals surface area contributed by atoms with E-state index < -0.39 is 22.7 Å². The maximum Gasteiger partial charge on any atom is 0.401 e. The predicted octanol–water partition coefficient (Wildman–Crippen LogP) is 4.18. The summed E-state index contributed by atoms with van der Waals surface area (Å²) in [5.41, 5.74) is 1.67. The van der Waals surface area contributed by atoms with Crippen LogP contribution in [0.25, 0.3) is 22.1 Å². The summed E-state index contributed by atoms with van der Waals surface area (Å²) in [4.78, 5) is 9.13. The van der Waals surface area contributed by atoms with Crippen molar-refractivity contribution in [1.82, 2.24) is 23.8 Å². The molecule has 1 aliphatic rings. The summed E-state index contributed by atoms with van der Waals surface area (Å²) in [6.45, 7) is 0.836. The summed E-state index contributed by atoms with van der Waals surface area (Å²) >= 11 is 0. The van der Waals surface area contributed by atoms with Crippen LogP contribution in [0.2, 0.25) is 0 Å². The van der Waals surface area contributed by atoms with Crippen molar-refractivity contribution in [3.8, 4) is 0 Å². The van der Waals surface area contributed by atoms with E-state index in [0.717, 1.165) is 15.3 Å². The van der Waals surface area contributed by atoms with Crippen molar-refractivity contribution >= 4 is 32.1 Å². The molecule has 5 rings (SSSR count). The first-order chi connectivity index (χ1) is 15.6. The van der Waals surface area contributed by atoms with Crippen LogP contribution < -0.4 is 5.32 Å². The number of fused-ring (bicyclic) bond motifs is 3. The lowest BCUT2D eigenvalue weighted by atomic mass is 10.2. The van der Waals surface area contributed by atoms with E-state index in [9.17, 15) is 21.6 Å². The number of aryl methyl sites for hydroxylation is 1. The molecule has 174 valence electrons. The van der Waals surface area contributed by atoms with Gasteiger partial charge in [-0.25, -0.2) is 22.4 Å². The van der Waals surface area contributed by atoms with Crippen LogP contribution >= 0.6 is 0 Å². The molecular formula is C22H22F3N5O2S. The number of pyridine rings is 1. The van der Waals surface area contributed by atoms with Crippen molar-refractivity contribution in [2.75, 3.05) is 6.54 Å². The third-order valence-electron chi connectivity index (χ3n) is 6.17. The van der Waals surface area contributed by atoms with Gasteiger partial charge in [-0.1, -0.05) is 18.2 Å². The van der Waals surface area contributed by atoms with Gasteiger partial charge in [0, 0.05) is 23.7 Å². The zero-order chi connectivity index (χ0) is 23.4. The van der Waals surface area contributed by atoms with Crippen LogP contribution in [0.4, 0.5) is 13.2 Å². The number of rotatable bonds is 5. The van der Waals surface area contributed by atoms with Crippen LogP contribution in [0.15, 0.2) is 53.7 Å². The molecule has 2 unspecified atom stereocenters. The van der Waals surface area contributed by atoms with Crippen molar-refractivity contribution in [1.29, 1.82) is 0 Å². The van der Waals surface area contributed by atoms with Crippen LogP contribution in [0, 0.1) is 6.92 Å². The number of imidazole rings is 1. The summed E-state index contributed by atoms with van der Waals surface area (Å²) in [6.07, 6.45) is 0.642. The largest absolute Gasteiger partial charge is 0.401 e. The number of nitrogens with one attached hydrogen (secondary N) is 1. The molecule has 0 radical (unpaired) electrons. The third kappa shape index (κ3) is 3.89. The van der Waals surface area contributed by atoms with Crippen molar-refractivity contribution in [2.24, 2.45) is 0 Å². The molecule has 11 heteroatoms. The molecule has 7 nitrogen and oxygen atoms in total. The number of hydrogen-bond donors (Lipinski definition) is 1. The maximum absolute atomic E-state index is 13.2. The minimum Gasteiger partial charge on any atom is -0.324 e. The van der Waals surface area contributed by atoms with Gasteiger partial charge in [-0.3, -0.25) is 0 Å². The first-order valence-electron chi connectivity index (χ1n) is 10.6. The highest BCUT2D eigenvalue weighted by Gasteiger charge is 2.33. The number of alkyl halides is 3. The SMILES string of the molecule is Cc1nc2cnc3c(ccn3S(=O)(=O)c3ccccc3)c2n1C1CCC(NCC(F)(F)F)C1. The quantitative estimate of drug-likeness (QED) is 0.467. The van der Waals surface area contributed by atoms with E-state index >= 15 is 0 Å². The Kier molecular flexibility index (Phi) is 5.20. The van der Waals surface area contributed by atoms with Gasteiger partial charge in [-0.2, -0.15) is 13.2 Å². The number of benzene rings is 1. The van der Waals surface area contributed by atoms with Crippen LogP contribution in [-0.2, 0) is 10.0 Å². The first kappa shape index (κ1) is 21.9. The number of hydrogen-bond acceptors (Lipinski definition) is 5. The lowest BCUT2D eigenvalue weighted by molar-refractivity contribution is -0.126. The van der Waals surface area contributed by atoms with Gasteiger partial charge < -0.3 is 9.88 Å². The highest BCUT2D eigenvalue weighted by atomic mass is 32.2. The highest BCUT2D eigenvalue weighted by molar-refractivity contribution is 7.90. The molecule has 0 amide bonds. The van der Waals surface area contributed by atoms with Crippen molar-refractivity contribution in [3.05, 3.63) is 54.6 Å². The summed E-state index contributed by atoms with van der Waals surface area (Å²) in [5.74, 6) is 0.722. The Bertz CT molecular complexity index is 1430. The van der Waals surface area contributed by atoms with Gasteiger partial charge in [0.25, 0.3) is 10.0 Å². The summed E-state index contributed by atoms with van der Waals surface area (Å²) in [7, 11) is -3.84. The van der Waals surface area contributed by atoms with Crippen LogP contribution in [0.3, 0.4) is 0 Å². The van der Waals surface area contributed by atoms with Gasteiger partial charge in [0.2, 0.25) is 0 Å². The summed E-state index contributed by atoms with van der Waals surface area (Å²) < 4.78 is 67.4. The molecule has 1 N–H and O–H groups in total. The molecule has 3 heterocycles. The number of aromatic nitrogens is 4. The molecule has 0 bridgehead atoms. The van der Waals surface area contributed by atoms with Gasteiger partial charge in [0.05, 0.1) is 23.2 Å². The smallest absolute Gasteiger partial charge is 0.324 e. The molecule has 1 aromatic carbocycles. The average Bonchev–Trinajstić information content (AvgIpc) is 3.48. The Labute approximate surface area is 188 Å². The molecule has 2 atom stereocenters. The Morgan fingerprint density at radius 3 is 2.64 bits per heavy atom. The fraction of sp³-hybridized carbons (Fsp3) is 0.364. The van der Waals surface area contributed by atoms with Crippen LogP contribution in [-0.4, -0.2) is 45.7 Å². The normalized spacial score (nSPS) is 19.6. The van der Waals surface area contributed by atoms with Gasteiger partial charge >= 0.3 is 6.18 Å². The van der Waals surface area contributed by atoms with Gasteiger partial charge in [-0.15, -0.1) is 0 Å². The van der Waals surface area contributed by atoms with Gasteiger partial charge in [0.1, 0.15) is 11.3 Å². The molecule has 1 saturated carbocycles. The minimum absolute atomic E-state index is 0.0413. The van der Waals surface area contributed by atoms with Crippen molar-refractivity contribution in [2.45, 2.75) is 49.3 Å². The van der Waals surface area contributed by atoms with Crippen molar-refractivity contribution < 1.29 is 21.6 Å². The zero-order valence-electron chi connectivity index (χ0n) is 17.7. The molecule has 0 aliphatic heterocycles. The Hall–Kier alpha value is -2.92. The maximum atomic E-state index is 13.2. The highest BCUT2D eigenvalue weighted by Crippen LogP contribution is 2.37. The van der Waals surface area contributed by atoms with Crippen LogP contribution in [0.1, 0.15) is 31.1 Å². The second-order valence-electron chi connectivity index (χ2n) is 8.35. The fourth-order valence-corrected chi connectivity index (χ4v) is 6.07. The van der Waals surface area contributed by atoms with E-state index in [1.54, 1.807) is 30.5 Å². The van der Waals surface area contributed by atoms with Gasteiger partial charge in [-0.05, 0) is 44.4 Å². The zero-order valence-corrected chi connectivity index (χ0v) is 18.6. The number of halogens is 3. The molecule has 4 aromatic rings. The summed E-state index contributed by atoms with van der Waals surface area (Å²) in [6, 6.07) is 9.54. The Balaban J connectivity index is 1.56. The van der Waals surface area contributed by atoms with E-state index in [1.807, 2.05) is 11.5 Å². The summed E-state index contributed by atoms with van der Waals surface area (Å²) in [5, 5.41) is 3.24. The van der Waals surface area contributed by atoms with E-state index in [1.165, 1.54) is 18.3 Å². The Morgan fingerprint density at radius 2 is 1.91 bits per heavy atom.